The lowest BCUT2D eigenvalue weighted by molar-refractivity contribution is -0.127. The van der Waals surface area contributed by atoms with Crippen LogP contribution in [0, 0.1) is 0 Å². The number of carbonyl (C=O) groups excluding carboxylic acids is 2. The highest BCUT2D eigenvalue weighted by molar-refractivity contribution is 8.01. The number of likely N-dealkylation sites (tertiary alicyclic amines) is 1. The molecule has 0 atom stereocenters. The van der Waals surface area contributed by atoms with Crippen LogP contribution in [-0.4, -0.2) is 47.1 Å². The molecular weight excluding hydrogens is 406 g/mol. The van der Waals surface area contributed by atoms with Crippen molar-refractivity contribution in [3.8, 4) is 5.75 Å². The molecule has 0 aliphatic carbocycles. The fraction of sp³-hybridized carbons (Fsp3) is 0.286. The van der Waals surface area contributed by atoms with Crippen molar-refractivity contribution >= 4 is 50.8 Å². The molecule has 4 rings (SSSR count). The van der Waals surface area contributed by atoms with E-state index in [1.165, 1.54) is 23.1 Å². The van der Waals surface area contributed by atoms with E-state index in [1.807, 2.05) is 53.4 Å². The van der Waals surface area contributed by atoms with Gasteiger partial charge in [-0.25, -0.2) is 4.98 Å². The minimum atomic E-state index is -0.219. The van der Waals surface area contributed by atoms with Gasteiger partial charge in [-0.05, 0) is 43.2 Å². The number of hydrogen-bond donors (Lipinski definition) is 1. The second kappa shape index (κ2) is 9.28. The van der Waals surface area contributed by atoms with Gasteiger partial charge in [-0.15, -0.1) is 11.3 Å². The normalized spacial score (nSPS) is 13.6. The predicted octanol–water partition coefficient (Wildman–Crippen LogP) is 4.03. The number of para-hydroxylation sites is 1. The smallest absolute Gasteiger partial charge is 0.262 e. The fourth-order valence-electron chi connectivity index (χ4n) is 3.09. The molecule has 0 bridgehead atoms. The van der Waals surface area contributed by atoms with Gasteiger partial charge in [-0.3, -0.25) is 9.59 Å². The van der Waals surface area contributed by atoms with Gasteiger partial charge in [0.25, 0.3) is 5.91 Å². The fourth-order valence-corrected chi connectivity index (χ4v) is 5.10. The minimum Gasteiger partial charge on any atom is -0.484 e. The second-order valence-corrected chi connectivity index (χ2v) is 8.94. The highest BCUT2D eigenvalue weighted by atomic mass is 32.2. The third-order valence-corrected chi connectivity index (χ3v) is 6.69. The van der Waals surface area contributed by atoms with Crippen molar-refractivity contribution in [3.05, 3.63) is 48.5 Å². The molecule has 1 aliphatic heterocycles. The number of thiazole rings is 1. The van der Waals surface area contributed by atoms with Gasteiger partial charge in [-0.1, -0.05) is 30.0 Å². The first-order valence-electron chi connectivity index (χ1n) is 9.46. The van der Waals surface area contributed by atoms with E-state index in [2.05, 4.69) is 10.3 Å². The zero-order chi connectivity index (χ0) is 20.1. The van der Waals surface area contributed by atoms with Gasteiger partial charge in [0.15, 0.2) is 10.9 Å². The third-order valence-electron chi connectivity index (χ3n) is 4.54. The van der Waals surface area contributed by atoms with Crippen molar-refractivity contribution in [1.82, 2.24) is 9.88 Å². The summed E-state index contributed by atoms with van der Waals surface area (Å²) in [6, 6.07) is 14.8. The Bertz CT molecular complexity index is 1000. The number of rotatable bonds is 7. The Morgan fingerprint density at radius 2 is 1.93 bits per heavy atom. The minimum absolute atomic E-state index is 0.0511. The standard InChI is InChI=1S/C21H21N3O3S2/c25-19(13-27-16-6-2-1-3-7-16)22-15-8-9-17-18(12-15)29-21(23-17)28-14-20(26)24-10-4-5-11-24/h1-3,6-9,12H,4-5,10-11,13-14H2,(H,22,25). The molecule has 0 radical (unpaired) electrons. The van der Waals surface area contributed by atoms with Crippen LogP contribution in [0.3, 0.4) is 0 Å². The zero-order valence-electron chi connectivity index (χ0n) is 15.8. The van der Waals surface area contributed by atoms with Gasteiger partial charge < -0.3 is 15.0 Å². The van der Waals surface area contributed by atoms with Gasteiger partial charge in [0.05, 0.1) is 16.0 Å². The van der Waals surface area contributed by atoms with Gasteiger partial charge in [-0.2, -0.15) is 0 Å². The van der Waals surface area contributed by atoms with Crippen molar-refractivity contribution in [3.63, 3.8) is 0 Å². The molecule has 2 amide bonds. The first kappa shape index (κ1) is 19.7. The van der Waals surface area contributed by atoms with Crippen LogP contribution in [0.2, 0.25) is 0 Å². The molecule has 8 heteroatoms. The second-order valence-electron chi connectivity index (χ2n) is 6.69. The lowest BCUT2D eigenvalue weighted by Crippen LogP contribution is -2.29. The van der Waals surface area contributed by atoms with Gasteiger partial charge in [0.1, 0.15) is 5.75 Å². The number of anilines is 1. The molecular formula is C21H21N3O3S2. The lowest BCUT2D eigenvalue weighted by atomic mass is 10.3. The van der Waals surface area contributed by atoms with Gasteiger partial charge >= 0.3 is 0 Å². The molecule has 3 aromatic rings. The number of fused-ring (bicyclic) bond motifs is 1. The number of hydrogen-bond acceptors (Lipinski definition) is 6. The van der Waals surface area contributed by atoms with Crippen LogP contribution in [0.1, 0.15) is 12.8 Å². The number of nitrogens with zero attached hydrogens (tertiary/aromatic N) is 2. The number of ether oxygens (including phenoxy) is 1. The summed E-state index contributed by atoms with van der Waals surface area (Å²) in [5.41, 5.74) is 1.57. The maximum Gasteiger partial charge on any atom is 0.262 e. The van der Waals surface area contributed by atoms with Gasteiger partial charge in [0.2, 0.25) is 5.91 Å². The number of aromatic nitrogens is 1. The van der Waals surface area contributed by atoms with E-state index in [0.29, 0.717) is 17.2 Å². The zero-order valence-corrected chi connectivity index (χ0v) is 17.4. The van der Waals surface area contributed by atoms with Crippen molar-refractivity contribution in [2.75, 3.05) is 30.8 Å². The molecule has 0 unspecified atom stereocenters. The third kappa shape index (κ3) is 5.27. The Labute approximate surface area is 177 Å². The van der Waals surface area contributed by atoms with E-state index >= 15 is 0 Å². The molecule has 0 saturated carbocycles. The summed E-state index contributed by atoms with van der Waals surface area (Å²) in [6.07, 6.45) is 2.20. The summed E-state index contributed by atoms with van der Waals surface area (Å²) in [4.78, 5) is 30.8. The van der Waals surface area contributed by atoms with Crippen LogP contribution in [0.25, 0.3) is 10.2 Å². The van der Waals surface area contributed by atoms with E-state index in [9.17, 15) is 9.59 Å². The largest absolute Gasteiger partial charge is 0.484 e. The van der Waals surface area contributed by atoms with Crippen LogP contribution in [-0.2, 0) is 9.59 Å². The number of nitrogens with one attached hydrogen (secondary N) is 1. The summed E-state index contributed by atoms with van der Waals surface area (Å²) >= 11 is 3.01. The SMILES string of the molecule is O=C(COc1ccccc1)Nc1ccc2nc(SCC(=O)N3CCCC3)sc2c1. The summed E-state index contributed by atoms with van der Waals surface area (Å²) < 4.78 is 7.31. The molecule has 1 saturated heterocycles. The Morgan fingerprint density at radius 1 is 1.14 bits per heavy atom. The molecule has 1 aliphatic rings. The molecule has 2 aromatic carbocycles. The first-order valence-corrected chi connectivity index (χ1v) is 11.3. The van der Waals surface area contributed by atoms with E-state index in [1.54, 1.807) is 0 Å². The highest BCUT2D eigenvalue weighted by Crippen LogP contribution is 2.31. The van der Waals surface area contributed by atoms with Crippen molar-refractivity contribution in [2.45, 2.75) is 17.2 Å². The summed E-state index contributed by atoms with van der Waals surface area (Å²) in [7, 11) is 0. The molecule has 2 heterocycles. The summed E-state index contributed by atoms with van der Waals surface area (Å²) in [5.74, 6) is 1.03. The number of thioether (sulfide) groups is 1. The Balaban J connectivity index is 1.32. The maximum atomic E-state index is 12.2. The lowest BCUT2D eigenvalue weighted by Gasteiger charge is -2.13. The van der Waals surface area contributed by atoms with E-state index in [4.69, 9.17) is 4.74 Å². The van der Waals surface area contributed by atoms with Crippen LogP contribution < -0.4 is 10.1 Å². The number of amides is 2. The Hall–Kier alpha value is -2.58. The molecule has 0 spiro atoms. The van der Waals surface area contributed by atoms with Crippen LogP contribution >= 0.6 is 23.1 Å². The summed E-state index contributed by atoms with van der Waals surface area (Å²) in [6.45, 7) is 1.69. The average molecular weight is 428 g/mol. The average Bonchev–Trinajstić information content (AvgIpc) is 3.41. The van der Waals surface area contributed by atoms with Crippen molar-refractivity contribution in [2.24, 2.45) is 0 Å². The Kier molecular flexibility index (Phi) is 6.31. The van der Waals surface area contributed by atoms with E-state index in [-0.39, 0.29) is 18.4 Å². The number of benzene rings is 2. The van der Waals surface area contributed by atoms with Crippen LogP contribution in [0.4, 0.5) is 5.69 Å². The number of carbonyl (C=O) groups is 2. The van der Waals surface area contributed by atoms with E-state index < -0.39 is 0 Å². The Morgan fingerprint density at radius 3 is 2.72 bits per heavy atom. The first-order chi connectivity index (χ1) is 14.2. The molecule has 1 N–H and O–H groups in total. The van der Waals surface area contributed by atoms with Crippen molar-refractivity contribution in [1.29, 1.82) is 0 Å². The topological polar surface area (TPSA) is 71.5 Å². The predicted molar refractivity (Wildman–Crippen MR) is 117 cm³/mol. The quantitative estimate of drug-likeness (QED) is 0.577. The monoisotopic (exact) mass is 427 g/mol. The van der Waals surface area contributed by atoms with Gasteiger partial charge in [0, 0.05) is 18.8 Å². The molecule has 1 fully saturated rings. The van der Waals surface area contributed by atoms with Crippen LogP contribution in [0.5, 0.6) is 5.75 Å². The van der Waals surface area contributed by atoms with E-state index in [0.717, 1.165) is 40.5 Å². The molecule has 150 valence electrons. The summed E-state index contributed by atoms with van der Waals surface area (Å²) in [5, 5.41) is 2.85. The molecule has 1 aromatic heterocycles. The molecule has 29 heavy (non-hydrogen) atoms. The highest BCUT2D eigenvalue weighted by Gasteiger charge is 2.18. The van der Waals surface area contributed by atoms with Crippen LogP contribution in [0.15, 0.2) is 52.9 Å². The molecule has 6 nitrogen and oxygen atoms in total. The maximum absolute atomic E-state index is 12.2. The van der Waals surface area contributed by atoms with Crippen molar-refractivity contribution < 1.29 is 14.3 Å².